The van der Waals surface area contributed by atoms with Crippen LogP contribution in [-0.4, -0.2) is 36.8 Å². The van der Waals surface area contributed by atoms with Gasteiger partial charge < -0.3 is 19.3 Å². The molecule has 0 unspecified atom stereocenters. The third-order valence-electron chi connectivity index (χ3n) is 4.79. The summed E-state index contributed by atoms with van der Waals surface area (Å²) in [7, 11) is 1.67. The van der Waals surface area contributed by atoms with Crippen LogP contribution in [0.15, 0.2) is 24.3 Å². The minimum Gasteiger partial charge on any atom is -0.497 e. The van der Waals surface area contributed by atoms with Gasteiger partial charge in [-0.1, -0.05) is 12.1 Å². The van der Waals surface area contributed by atoms with Crippen LogP contribution in [0.5, 0.6) is 5.75 Å². The Morgan fingerprint density at radius 3 is 2.24 bits per heavy atom. The van der Waals surface area contributed by atoms with Gasteiger partial charge in [0.25, 0.3) is 0 Å². The number of ether oxygens (including phenoxy) is 3. The highest BCUT2D eigenvalue weighted by Gasteiger charge is 2.45. The summed E-state index contributed by atoms with van der Waals surface area (Å²) in [5, 5.41) is 10.7. The molecule has 3 rings (SSSR count). The van der Waals surface area contributed by atoms with E-state index in [0.29, 0.717) is 13.2 Å². The smallest absolute Gasteiger partial charge is 0.168 e. The van der Waals surface area contributed by atoms with Gasteiger partial charge in [-0.25, -0.2) is 0 Å². The summed E-state index contributed by atoms with van der Waals surface area (Å²) >= 11 is 0. The molecule has 1 aromatic rings. The van der Waals surface area contributed by atoms with Crippen LogP contribution in [0.1, 0.15) is 37.7 Å². The van der Waals surface area contributed by atoms with E-state index in [1.807, 2.05) is 12.1 Å². The highest BCUT2D eigenvalue weighted by molar-refractivity contribution is 5.27. The van der Waals surface area contributed by atoms with Crippen LogP contribution in [0.4, 0.5) is 0 Å². The molecular weight excluding hydrogens is 268 g/mol. The lowest BCUT2D eigenvalue weighted by molar-refractivity contribution is -0.203. The molecule has 21 heavy (non-hydrogen) atoms. The van der Waals surface area contributed by atoms with E-state index < -0.39 is 11.4 Å². The fraction of sp³-hybridized carbons (Fsp3) is 0.647. The SMILES string of the molecule is COc1ccc(CCC2(O)CCC3(CC2)OCCO3)cc1. The van der Waals surface area contributed by atoms with Crippen LogP contribution in [0, 0.1) is 0 Å². The van der Waals surface area contributed by atoms with E-state index >= 15 is 0 Å². The summed E-state index contributed by atoms with van der Waals surface area (Å²) in [6, 6.07) is 8.07. The van der Waals surface area contributed by atoms with E-state index in [1.165, 1.54) is 5.56 Å². The third kappa shape index (κ3) is 3.39. The van der Waals surface area contributed by atoms with Crippen LogP contribution >= 0.6 is 0 Å². The van der Waals surface area contributed by atoms with Crippen LogP contribution in [0.25, 0.3) is 0 Å². The quantitative estimate of drug-likeness (QED) is 0.927. The van der Waals surface area contributed by atoms with Gasteiger partial charge in [0, 0.05) is 12.8 Å². The van der Waals surface area contributed by atoms with E-state index in [0.717, 1.165) is 44.3 Å². The normalized spacial score (nSPS) is 23.3. The number of benzene rings is 1. The van der Waals surface area contributed by atoms with Crippen molar-refractivity contribution >= 4 is 0 Å². The van der Waals surface area contributed by atoms with Gasteiger partial charge in [-0.2, -0.15) is 0 Å². The molecule has 1 heterocycles. The zero-order valence-electron chi connectivity index (χ0n) is 12.6. The van der Waals surface area contributed by atoms with Crippen molar-refractivity contribution in [2.45, 2.75) is 49.9 Å². The number of hydrogen-bond acceptors (Lipinski definition) is 4. The van der Waals surface area contributed by atoms with Crippen LogP contribution in [0.2, 0.25) is 0 Å². The predicted octanol–water partition coefficient (Wildman–Crippen LogP) is 2.68. The molecule has 1 aliphatic heterocycles. The predicted molar refractivity (Wildman–Crippen MR) is 79.4 cm³/mol. The highest BCUT2D eigenvalue weighted by atomic mass is 16.7. The molecule has 1 aromatic carbocycles. The maximum absolute atomic E-state index is 10.7. The number of aryl methyl sites for hydroxylation is 1. The van der Waals surface area contributed by atoms with Crippen LogP contribution in [-0.2, 0) is 15.9 Å². The molecule has 2 aliphatic rings. The summed E-state index contributed by atoms with van der Waals surface area (Å²) in [5.41, 5.74) is 0.651. The lowest BCUT2D eigenvalue weighted by Gasteiger charge is -2.40. The molecule has 0 radical (unpaired) electrons. The highest BCUT2D eigenvalue weighted by Crippen LogP contribution is 2.41. The van der Waals surface area contributed by atoms with Gasteiger partial charge in [-0.3, -0.25) is 0 Å². The molecule has 2 fully saturated rings. The first-order valence-corrected chi connectivity index (χ1v) is 7.76. The second-order valence-corrected chi connectivity index (χ2v) is 6.18. The zero-order valence-corrected chi connectivity index (χ0v) is 12.6. The maximum Gasteiger partial charge on any atom is 0.168 e. The van der Waals surface area contributed by atoms with E-state index in [2.05, 4.69) is 12.1 Å². The monoisotopic (exact) mass is 292 g/mol. The van der Waals surface area contributed by atoms with Crippen molar-refractivity contribution in [3.05, 3.63) is 29.8 Å². The topological polar surface area (TPSA) is 47.9 Å². The molecule has 1 aliphatic carbocycles. The largest absolute Gasteiger partial charge is 0.497 e. The number of aliphatic hydroxyl groups is 1. The summed E-state index contributed by atoms with van der Waals surface area (Å²) in [5.74, 6) is 0.472. The van der Waals surface area contributed by atoms with E-state index in [-0.39, 0.29) is 0 Å². The Labute approximate surface area is 126 Å². The van der Waals surface area contributed by atoms with Crippen molar-refractivity contribution in [2.75, 3.05) is 20.3 Å². The minimum atomic E-state index is -0.583. The molecule has 4 nitrogen and oxygen atoms in total. The summed E-state index contributed by atoms with van der Waals surface area (Å²) in [4.78, 5) is 0. The fourth-order valence-corrected chi connectivity index (χ4v) is 3.30. The molecule has 1 N–H and O–H groups in total. The van der Waals surface area contributed by atoms with Gasteiger partial charge in [0.2, 0.25) is 0 Å². The first kappa shape index (κ1) is 14.8. The second kappa shape index (κ2) is 5.95. The second-order valence-electron chi connectivity index (χ2n) is 6.18. The Kier molecular flexibility index (Phi) is 4.20. The van der Waals surface area contributed by atoms with Gasteiger partial charge in [0.15, 0.2) is 5.79 Å². The van der Waals surface area contributed by atoms with E-state index in [1.54, 1.807) is 7.11 Å². The van der Waals surface area contributed by atoms with E-state index in [9.17, 15) is 5.11 Å². The molecular formula is C17H24O4. The standard InChI is InChI=1S/C17H24O4/c1-19-15-4-2-14(3-5-15)6-7-16(18)8-10-17(11-9-16)20-12-13-21-17/h2-5,18H,6-13H2,1H3. The molecule has 0 amide bonds. The molecule has 0 aromatic heterocycles. The van der Waals surface area contributed by atoms with Crippen LogP contribution in [0.3, 0.4) is 0 Å². The van der Waals surface area contributed by atoms with Crippen LogP contribution < -0.4 is 4.74 Å². The molecule has 0 atom stereocenters. The Morgan fingerprint density at radius 2 is 1.67 bits per heavy atom. The number of rotatable bonds is 4. The van der Waals surface area contributed by atoms with Gasteiger partial charge in [-0.05, 0) is 43.4 Å². The first-order chi connectivity index (χ1) is 10.1. The Balaban J connectivity index is 1.52. The van der Waals surface area contributed by atoms with Gasteiger partial charge in [-0.15, -0.1) is 0 Å². The molecule has 0 bridgehead atoms. The summed E-state index contributed by atoms with van der Waals surface area (Å²) in [6.07, 6.45) is 4.77. The molecule has 1 saturated carbocycles. The van der Waals surface area contributed by atoms with Gasteiger partial charge in [0.1, 0.15) is 5.75 Å². The van der Waals surface area contributed by atoms with Crippen molar-refractivity contribution < 1.29 is 19.3 Å². The van der Waals surface area contributed by atoms with Gasteiger partial charge >= 0.3 is 0 Å². The van der Waals surface area contributed by atoms with Crippen molar-refractivity contribution in [3.63, 3.8) is 0 Å². The minimum absolute atomic E-state index is 0.396. The van der Waals surface area contributed by atoms with E-state index in [4.69, 9.17) is 14.2 Å². The fourth-order valence-electron chi connectivity index (χ4n) is 3.30. The lowest BCUT2D eigenvalue weighted by Crippen LogP contribution is -2.43. The summed E-state index contributed by atoms with van der Waals surface area (Å²) in [6.45, 7) is 1.37. The zero-order chi connectivity index (χ0) is 14.8. The molecule has 116 valence electrons. The van der Waals surface area contributed by atoms with Crippen molar-refractivity contribution in [1.29, 1.82) is 0 Å². The number of hydrogen-bond donors (Lipinski definition) is 1. The van der Waals surface area contributed by atoms with Crippen molar-refractivity contribution in [1.82, 2.24) is 0 Å². The molecule has 4 heteroatoms. The maximum atomic E-state index is 10.7. The average Bonchev–Trinajstić information content (AvgIpc) is 2.98. The molecule has 1 spiro atoms. The van der Waals surface area contributed by atoms with Crippen molar-refractivity contribution in [2.24, 2.45) is 0 Å². The first-order valence-electron chi connectivity index (χ1n) is 7.76. The van der Waals surface area contributed by atoms with Gasteiger partial charge in [0.05, 0.1) is 25.9 Å². The Morgan fingerprint density at radius 1 is 1.05 bits per heavy atom. The Hall–Kier alpha value is -1.10. The lowest BCUT2D eigenvalue weighted by atomic mass is 9.78. The van der Waals surface area contributed by atoms with Crippen molar-refractivity contribution in [3.8, 4) is 5.75 Å². The third-order valence-corrected chi connectivity index (χ3v) is 4.79. The Bertz CT molecular complexity index is 452. The summed E-state index contributed by atoms with van der Waals surface area (Å²) < 4.78 is 16.6. The number of methoxy groups -OCH3 is 1. The average molecular weight is 292 g/mol. The molecule has 1 saturated heterocycles.